The third-order valence-corrected chi connectivity index (χ3v) is 6.64. The highest BCUT2D eigenvalue weighted by Gasteiger charge is 2.34. The monoisotopic (exact) mass is 437 g/mol. The first-order valence-corrected chi connectivity index (χ1v) is 11.0. The van der Waals surface area contributed by atoms with E-state index in [4.69, 9.17) is 4.42 Å². The fourth-order valence-corrected chi connectivity index (χ4v) is 4.98. The van der Waals surface area contributed by atoms with Crippen LogP contribution in [0.1, 0.15) is 72.5 Å². The number of piperidine rings is 1. The Morgan fingerprint density at radius 2 is 1.87 bits per heavy atom. The van der Waals surface area contributed by atoms with Gasteiger partial charge in [-0.3, -0.25) is 9.59 Å². The zero-order chi connectivity index (χ0) is 20.4. The molecule has 166 valence electrons. The molecule has 0 spiro atoms. The molecule has 1 aliphatic carbocycles. The number of amides is 2. The van der Waals surface area contributed by atoms with Crippen LogP contribution < -0.4 is 10.9 Å². The number of aryl methyl sites for hydroxylation is 1. The van der Waals surface area contributed by atoms with Crippen molar-refractivity contribution in [2.75, 3.05) is 32.7 Å². The minimum atomic E-state index is -0.585. The van der Waals surface area contributed by atoms with Crippen LogP contribution in [0.2, 0.25) is 0 Å². The molecule has 3 aliphatic rings. The van der Waals surface area contributed by atoms with Gasteiger partial charge in [-0.25, -0.2) is 4.79 Å². The van der Waals surface area contributed by atoms with Crippen molar-refractivity contribution in [1.82, 2.24) is 15.1 Å². The van der Waals surface area contributed by atoms with E-state index in [1.807, 2.05) is 11.0 Å². The number of piperazine rings is 1. The lowest BCUT2D eigenvalue weighted by atomic mass is 9.93. The molecule has 30 heavy (non-hydrogen) atoms. The van der Waals surface area contributed by atoms with Crippen molar-refractivity contribution in [2.24, 2.45) is 0 Å². The van der Waals surface area contributed by atoms with Crippen LogP contribution in [-0.4, -0.2) is 60.4 Å². The smallest absolute Gasteiger partial charge is 0.349 e. The van der Waals surface area contributed by atoms with E-state index in [1.165, 1.54) is 24.2 Å². The van der Waals surface area contributed by atoms with E-state index in [0.717, 1.165) is 38.8 Å². The molecule has 1 N–H and O–H groups in total. The van der Waals surface area contributed by atoms with Gasteiger partial charge >= 0.3 is 5.63 Å². The topological polar surface area (TPSA) is 82.9 Å². The second-order valence-electron chi connectivity index (χ2n) is 8.64. The van der Waals surface area contributed by atoms with Crippen molar-refractivity contribution in [3.05, 3.63) is 33.4 Å². The predicted molar refractivity (Wildman–Crippen MR) is 116 cm³/mol. The van der Waals surface area contributed by atoms with Gasteiger partial charge in [-0.05, 0) is 50.8 Å². The molecule has 3 fully saturated rings. The van der Waals surface area contributed by atoms with Crippen molar-refractivity contribution in [1.29, 1.82) is 0 Å². The highest BCUT2D eigenvalue weighted by molar-refractivity contribution is 5.97. The van der Waals surface area contributed by atoms with Crippen LogP contribution in [0.3, 0.4) is 0 Å². The molecular formula is C22H32ClN3O4. The largest absolute Gasteiger partial charge is 0.427 e. The number of carbonyl (C=O) groups excluding carboxylic acids is 2. The van der Waals surface area contributed by atoms with Gasteiger partial charge in [0.1, 0.15) is 17.9 Å². The molecule has 1 unspecified atom stereocenters. The Labute approximate surface area is 183 Å². The van der Waals surface area contributed by atoms with E-state index in [2.05, 4.69) is 5.32 Å². The van der Waals surface area contributed by atoms with Gasteiger partial charge in [0.15, 0.2) is 0 Å². The highest BCUT2D eigenvalue weighted by Crippen LogP contribution is 2.26. The normalized spacial score (nSPS) is 23.2. The van der Waals surface area contributed by atoms with Gasteiger partial charge in [0.2, 0.25) is 5.91 Å². The lowest BCUT2D eigenvalue weighted by molar-refractivity contribution is -0.138. The van der Waals surface area contributed by atoms with Gasteiger partial charge in [0.05, 0.1) is 0 Å². The quantitative estimate of drug-likeness (QED) is 0.785. The highest BCUT2D eigenvalue weighted by atomic mass is 35.5. The molecule has 8 heteroatoms. The molecule has 0 aromatic carbocycles. The average Bonchev–Trinajstić information content (AvgIpc) is 2.74. The lowest BCUT2D eigenvalue weighted by Crippen LogP contribution is -2.56. The van der Waals surface area contributed by atoms with Gasteiger partial charge in [-0.15, -0.1) is 12.4 Å². The number of nitrogens with zero attached hydrogens (tertiary/aromatic N) is 2. The van der Waals surface area contributed by atoms with Gasteiger partial charge in [0.25, 0.3) is 5.91 Å². The summed E-state index contributed by atoms with van der Waals surface area (Å²) < 4.78 is 5.55. The Hall–Kier alpha value is -1.86. The fraction of sp³-hybridized carbons (Fsp3) is 0.682. The van der Waals surface area contributed by atoms with Crippen LogP contribution in [-0.2, 0) is 4.79 Å². The van der Waals surface area contributed by atoms with Gasteiger partial charge in [0, 0.05) is 31.6 Å². The Kier molecular flexibility index (Phi) is 7.58. The van der Waals surface area contributed by atoms with E-state index in [0.29, 0.717) is 30.5 Å². The maximum absolute atomic E-state index is 13.0. The maximum atomic E-state index is 13.0. The second-order valence-corrected chi connectivity index (χ2v) is 8.64. The molecule has 1 atom stereocenters. The number of hydrogen-bond donors (Lipinski definition) is 1. The molecule has 2 aliphatic heterocycles. The maximum Gasteiger partial charge on any atom is 0.349 e. The first kappa shape index (κ1) is 22.8. The van der Waals surface area contributed by atoms with Crippen LogP contribution in [0, 0.1) is 6.92 Å². The molecule has 0 radical (unpaired) electrons. The van der Waals surface area contributed by atoms with Crippen LogP contribution in [0.25, 0.3) is 0 Å². The molecule has 2 amide bonds. The molecule has 2 saturated heterocycles. The average molecular weight is 438 g/mol. The summed E-state index contributed by atoms with van der Waals surface area (Å²) in [5.74, 6) is 0.416. The van der Waals surface area contributed by atoms with E-state index in [-0.39, 0.29) is 42.2 Å². The Balaban J connectivity index is 0.00000256. The molecular weight excluding hydrogens is 406 g/mol. The zero-order valence-corrected chi connectivity index (χ0v) is 18.5. The Morgan fingerprint density at radius 1 is 1.10 bits per heavy atom. The summed E-state index contributed by atoms with van der Waals surface area (Å²) in [7, 11) is 0. The predicted octanol–water partition coefficient (Wildman–Crippen LogP) is 2.45. The zero-order valence-electron chi connectivity index (χ0n) is 17.7. The number of halogens is 1. The molecule has 1 saturated carbocycles. The van der Waals surface area contributed by atoms with Crippen molar-refractivity contribution in [2.45, 2.75) is 63.8 Å². The van der Waals surface area contributed by atoms with Crippen LogP contribution >= 0.6 is 12.4 Å². The molecule has 1 aromatic heterocycles. The number of nitrogens with one attached hydrogen (secondary N) is 1. The molecule has 1 aromatic rings. The Morgan fingerprint density at radius 3 is 2.50 bits per heavy atom. The Bertz CT molecular complexity index is 828. The molecule has 4 rings (SSSR count). The summed E-state index contributed by atoms with van der Waals surface area (Å²) in [5, 5.41) is 3.32. The summed E-state index contributed by atoms with van der Waals surface area (Å²) in [6.07, 6.45) is 7.70. The first-order chi connectivity index (χ1) is 14.0. The molecule has 3 heterocycles. The minimum Gasteiger partial charge on any atom is -0.427 e. The van der Waals surface area contributed by atoms with E-state index >= 15 is 0 Å². The van der Waals surface area contributed by atoms with Crippen molar-refractivity contribution < 1.29 is 14.0 Å². The van der Waals surface area contributed by atoms with E-state index in [9.17, 15) is 14.4 Å². The standard InChI is InChI=1S/C22H31N3O4.ClH/c1-15-12-18(16-6-5-9-23-13-16)29-22(28)20(15)21(27)24-10-11-25(19(26)14-24)17-7-3-2-4-8-17;/h12,16-17,23H,2-11,13-14H2,1H3;1H. The molecule has 0 bridgehead atoms. The van der Waals surface area contributed by atoms with Gasteiger partial charge in [-0.1, -0.05) is 19.3 Å². The minimum absolute atomic E-state index is 0. The number of carbonyl (C=O) groups is 2. The number of rotatable bonds is 3. The summed E-state index contributed by atoms with van der Waals surface area (Å²) in [5.41, 5.74) is 0.114. The lowest BCUT2D eigenvalue weighted by Gasteiger charge is -2.40. The second kappa shape index (κ2) is 9.96. The van der Waals surface area contributed by atoms with Crippen LogP contribution in [0.5, 0.6) is 0 Å². The summed E-state index contributed by atoms with van der Waals surface area (Å²) in [6, 6.07) is 2.13. The van der Waals surface area contributed by atoms with Gasteiger partial charge in [-0.2, -0.15) is 0 Å². The fourth-order valence-electron chi connectivity index (χ4n) is 4.98. The van der Waals surface area contributed by atoms with Crippen LogP contribution in [0.15, 0.2) is 15.3 Å². The van der Waals surface area contributed by atoms with Crippen molar-refractivity contribution in [3.8, 4) is 0 Å². The first-order valence-electron chi connectivity index (χ1n) is 11.0. The number of hydrogen-bond acceptors (Lipinski definition) is 5. The summed E-state index contributed by atoms with van der Waals surface area (Å²) in [4.78, 5) is 41.8. The van der Waals surface area contributed by atoms with E-state index < -0.39 is 5.63 Å². The van der Waals surface area contributed by atoms with Gasteiger partial charge < -0.3 is 19.5 Å². The van der Waals surface area contributed by atoms with Crippen molar-refractivity contribution in [3.63, 3.8) is 0 Å². The van der Waals surface area contributed by atoms with Crippen LogP contribution in [0.4, 0.5) is 0 Å². The van der Waals surface area contributed by atoms with E-state index in [1.54, 1.807) is 6.92 Å². The molecule has 7 nitrogen and oxygen atoms in total. The third kappa shape index (κ3) is 4.72. The summed E-state index contributed by atoms with van der Waals surface area (Å²) >= 11 is 0. The third-order valence-electron chi connectivity index (χ3n) is 6.64. The van der Waals surface area contributed by atoms with Crippen molar-refractivity contribution >= 4 is 24.2 Å². The SMILES string of the molecule is Cc1cc(C2CCCNC2)oc(=O)c1C(=O)N1CCN(C2CCCCC2)C(=O)C1.Cl. The summed E-state index contributed by atoms with van der Waals surface area (Å²) in [6.45, 7) is 4.61.